The van der Waals surface area contributed by atoms with Crippen molar-refractivity contribution >= 4 is 17.4 Å². The third-order valence-corrected chi connectivity index (χ3v) is 4.54. The summed E-state index contributed by atoms with van der Waals surface area (Å²) in [6, 6.07) is 3.84. The third-order valence-electron chi connectivity index (χ3n) is 4.26. The van der Waals surface area contributed by atoms with Gasteiger partial charge >= 0.3 is 0 Å². The Morgan fingerprint density at radius 3 is 2.68 bits per heavy atom. The van der Waals surface area contributed by atoms with Crippen molar-refractivity contribution in [2.24, 2.45) is 7.05 Å². The lowest BCUT2D eigenvalue weighted by atomic mass is 9.91. The lowest BCUT2D eigenvalue weighted by Gasteiger charge is -2.33. The van der Waals surface area contributed by atoms with Crippen LogP contribution in [0.1, 0.15) is 35.6 Å². The predicted octanol–water partition coefficient (Wildman–Crippen LogP) is 3.03. The molecule has 0 N–H and O–H groups in total. The molecule has 0 radical (unpaired) electrons. The van der Waals surface area contributed by atoms with Crippen molar-refractivity contribution in [2.75, 3.05) is 18.0 Å². The van der Waals surface area contributed by atoms with Crippen LogP contribution in [0.3, 0.4) is 0 Å². The number of pyridine rings is 1. The van der Waals surface area contributed by atoms with Crippen molar-refractivity contribution in [3.8, 4) is 6.07 Å². The molecular formula is C16H18ClN5. The fourth-order valence-electron chi connectivity index (χ4n) is 2.98. The summed E-state index contributed by atoms with van der Waals surface area (Å²) in [6.07, 6.45) is 6.17. The molecule has 1 saturated heterocycles. The molecule has 0 unspecified atom stereocenters. The van der Waals surface area contributed by atoms with E-state index < -0.39 is 0 Å². The van der Waals surface area contributed by atoms with E-state index >= 15 is 0 Å². The minimum Gasteiger partial charge on any atom is -0.355 e. The highest BCUT2D eigenvalue weighted by molar-refractivity contribution is 6.33. The number of halogens is 1. The lowest BCUT2D eigenvalue weighted by Crippen LogP contribution is -2.33. The predicted molar refractivity (Wildman–Crippen MR) is 86.1 cm³/mol. The third kappa shape index (κ3) is 2.79. The van der Waals surface area contributed by atoms with E-state index in [9.17, 15) is 0 Å². The van der Waals surface area contributed by atoms with Crippen molar-refractivity contribution in [2.45, 2.75) is 25.7 Å². The van der Waals surface area contributed by atoms with Crippen LogP contribution < -0.4 is 4.90 Å². The second-order valence-corrected chi connectivity index (χ2v) is 6.15. The standard InChI is InChI=1S/C16H18ClN5/c1-11-13(8-18)7-15(17)16(20-11)22-5-3-12(4-6-22)14-9-19-21(2)10-14/h7,9-10,12H,3-6H2,1-2H3. The van der Waals surface area contributed by atoms with Gasteiger partial charge in [0.25, 0.3) is 0 Å². The molecule has 22 heavy (non-hydrogen) atoms. The smallest absolute Gasteiger partial charge is 0.147 e. The maximum atomic E-state index is 9.04. The number of rotatable bonds is 2. The molecule has 6 heteroatoms. The number of nitrogens with zero attached hydrogens (tertiary/aromatic N) is 5. The molecule has 2 aromatic heterocycles. The summed E-state index contributed by atoms with van der Waals surface area (Å²) < 4.78 is 1.85. The van der Waals surface area contributed by atoms with E-state index in [1.165, 1.54) is 5.56 Å². The van der Waals surface area contributed by atoms with Gasteiger partial charge in [0.05, 0.1) is 22.5 Å². The van der Waals surface area contributed by atoms with Crippen LogP contribution >= 0.6 is 11.6 Å². The minimum absolute atomic E-state index is 0.541. The van der Waals surface area contributed by atoms with Crippen LogP contribution in [0.4, 0.5) is 5.82 Å². The molecule has 0 aliphatic carbocycles. The average Bonchev–Trinajstić information content (AvgIpc) is 2.96. The van der Waals surface area contributed by atoms with Crippen LogP contribution in [-0.2, 0) is 7.05 Å². The van der Waals surface area contributed by atoms with Gasteiger partial charge in [0, 0.05) is 26.3 Å². The van der Waals surface area contributed by atoms with E-state index in [0.29, 0.717) is 16.5 Å². The van der Waals surface area contributed by atoms with Gasteiger partial charge in [-0.2, -0.15) is 10.4 Å². The summed E-state index contributed by atoms with van der Waals surface area (Å²) in [5, 5.41) is 13.8. The number of aryl methyl sites for hydroxylation is 2. The highest BCUT2D eigenvalue weighted by Crippen LogP contribution is 2.33. The van der Waals surface area contributed by atoms with E-state index in [4.69, 9.17) is 16.9 Å². The molecule has 2 aromatic rings. The van der Waals surface area contributed by atoms with E-state index in [2.05, 4.69) is 27.2 Å². The van der Waals surface area contributed by atoms with Crippen LogP contribution in [0.15, 0.2) is 18.5 Å². The largest absolute Gasteiger partial charge is 0.355 e. The SMILES string of the molecule is Cc1nc(N2CCC(c3cnn(C)c3)CC2)c(Cl)cc1C#N. The first-order valence-corrected chi connectivity index (χ1v) is 7.77. The first-order valence-electron chi connectivity index (χ1n) is 7.39. The summed E-state index contributed by atoms with van der Waals surface area (Å²) in [4.78, 5) is 6.74. The number of anilines is 1. The number of hydrogen-bond acceptors (Lipinski definition) is 4. The fourth-order valence-corrected chi connectivity index (χ4v) is 3.25. The number of nitriles is 1. The van der Waals surface area contributed by atoms with Crippen molar-refractivity contribution in [1.29, 1.82) is 5.26 Å². The van der Waals surface area contributed by atoms with Crippen LogP contribution in [0.25, 0.3) is 0 Å². The zero-order valence-electron chi connectivity index (χ0n) is 12.8. The normalized spacial score (nSPS) is 15.8. The van der Waals surface area contributed by atoms with Crippen molar-refractivity contribution in [3.63, 3.8) is 0 Å². The van der Waals surface area contributed by atoms with Gasteiger partial charge in [-0.25, -0.2) is 4.98 Å². The number of hydrogen-bond donors (Lipinski definition) is 0. The molecule has 0 bridgehead atoms. The molecule has 0 spiro atoms. The van der Waals surface area contributed by atoms with Gasteiger partial charge in [-0.1, -0.05) is 11.6 Å². The van der Waals surface area contributed by atoms with Gasteiger partial charge in [0.2, 0.25) is 0 Å². The molecular weight excluding hydrogens is 298 g/mol. The number of piperidine rings is 1. The zero-order chi connectivity index (χ0) is 15.7. The van der Waals surface area contributed by atoms with E-state index in [1.54, 1.807) is 6.07 Å². The Morgan fingerprint density at radius 2 is 2.09 bits per heavy atom. The van der Waals surface area contributed by atoms with E-state index in [1.807, 2.05) is 24.9 Å². The molecule has 0 amide bonds. The molecule has 5 nitrogen and oxygen atoms in total. The van der Waals surface area contributed by atoms with E-state index in [0.717, 1.165) is 37.4 Å². The summed E-state index contributed by atoms with van der Waals surface area (Å²) in [5.41, 5.74) is 2.58. The second-order valence-electron chi connectivity index (χ2n) is 5.75. The van der Waals surface area contributed by atoms with Gasteiger partial charge in [-0.05, 0) is 37.3 Å². The van der Waals surface area contributed by atoms with Crippen LogP contribution in [0.5, 0.6) is 0 Å². The van der Waals surface area contributed by atoms with Crippen LogP contribution in [0.2, 0.25) is 5.02 Å². The molecule has 3 heterocycles. The Hall–Kier alpha value is -2.06. The average molecular weight is 316 g/mol. The first-order chi connectivity index (χ1) is 10.6. The summed E-state index contributed by atoms with van der Waals surface area (Å²) in [6.45, 7) is 3.68. The topological polar surface area (TPSA) is 57.7 Å². The Morgan fingerprint density at radius 1 is 1.36 bits per heavy atom. The molecule has 1 aliphatic heterocycles. The monoisotopic (exact) mass is 315 g/mol. The summed E-state index contributed by atoms with van der Waals surface area (Å²) >= 11 is 6.30. The van der Waals surface area contributed by atoms with Gasteiger partial charge in [0.15, 0.2) is 0 Å². The second kappa shape index (κ2) is 5.98. The van der Waals surface area contributed by atoms with Crippen LogP contribution in [0, 0.1) is 18.3 Å². The summed E-state index contributed by atoms with van der Waals surface area (Å²) in [5.74, 6) is 1.34. The maximum absolute atomic E-state index is 9.04. The Kier molecular flexibility index (Phi) is 4.04. The van der Waals surface area contributed by atoms with Crippen molar-refractivity contribution in [1.82, 2.24) is 14.8 Å². The molecule has 1 aliphatic rings. The molecule has 0 aromatic carbocycles. The van der Waals surface area contributed by atoms with Gasteiger partial charge < -0.3 is 4.90 Å². The van der Waals surface area contributed by atoms with Gasteiger partial charge in [-0.15, -0.1) is 0 Å². The Balaban J connectivity index is 1.74. The van der Waals surface area contributed by atoms with Crippen molar-refractivity contribution < 1.29 is 0 Å². The molecule has 1 fully saturated rings. The highest BCUT2D eigenvalue weighted by Gasteiger charge is 2.24. The Labute approximate surface area is 135 Å². The lowest BCUT2D eigenvalue weighted by molar-refractivity contribution is 0.502. The van der Waals surface area contributed by atoms with E-state index in [-0.39, 0.29) is 0 Å². The summed E-state index contributed by atoms with van der Waals surface area (Å²) in [7, 11) is 1.95. The zero-order valence-corrected chi connectivity index (χ0v) is 13.5. The maximum Gasteiger partial charge on any atom is 0.147 e. The molecule has 114 valence electrons. The first kappa shape index (κ1) is 14.9. The van der Waals surface area contributed by atoms with Gasteiger partial charge in [-0.3, -0.25) is 4.68 Å². The van der Waals surface area contributed by atoms with Crippen molar-refractivity contribution in [3.05, 3.63) is 40.3 Å². The molecule has 0 atom stereocenters. The van der Waals surface area contributed by atoms with Crippen LogP contribution in [-0.4, -0.2) is 27.9 Å². The highest BCUT2D eigenvalue weighted by atomic mass is 35.5. The minimum atomic E-state index is 0.541. The van der Waals surface area contributed by atoms with Gasteiger partial charge in [0.1, 0.15) is 11.9 Å². The molecule has 3 rings (SSSR count). The quantitative estimate of drug-likeness (QED) is 0.854. The fraction of sp³-hybridized carbons (Fsp3) is 0.438. The Bertz CT molecular complexity index is 723. The number of aromatic nitrogens is 3. The molecule has 0 saturated carbocycles.